The first-order chi connectivity index (χ1) is 14.4. The molecule has 31 heavy (non-hydrogen) atoms. The average molecular weight is 481 g/mol. The van der Waals surface area contributed by atoms with Crippen LogP contribution < -0.4 is 0 Å². The van der Waals surface area contributed by atoms with Gasteiger partial charge in [-0.3, -0.25) is 9.13 Å². The van der Waals surface area contributed by atoms with Gasteiger partial charge in [0.1, 0.15) is 0 Å². The van der Waals surface area contributed by atoms with Gasteiger partial charge in [-0.25, -0.2) is 0 Å². The predicted octanol–water partition coefficient (Wildman–Crippen LogP) is 7.81. The highest BCUT2D eigenvalue weighted by molar-refractivity contribution is 7.56. The zero-order chi connectivity index (χ0) is 23.4. The van der Waals surface area contributed by atoms with Gasteiger partial charge in [0.05, 0.1) is 36.7 Å². The van der Waals surface area contributed by atoms with Crippen LogP contribution in [0.5, 0.6) is 0 Å². The van der Waals surface area contributed by atoms with Crippen LogP contribution in [-0.2, 0) is 27.2 Å². The van der Waals surface area contributed by atoms with E-state index in [0.29, 0.717) is 32.4 Å². The fraction of sp³-hybridized carbons (Fsp3) is 1.00. The Balaban J connectivity index is 2.44. The third-order valence-electron chi connectivity index (χ3n) is 6.83. The lowest BCUT2D eigenvalue weighted by molar-refractivity contribution is -0.0395. The van der Waals surface area contributed by atoms with Gasteiger partial charge in [0.2, 0.25) is 0 Å². The Hall–Kier alpha value is 0.300. The maximum atomic E-state index is 14.0. The van der Waals surface area contributed by atoms with E-state index >= 15 is 0 Å². The molecule has 0 radical (unpaired) electrons. The van der Waals surface area contributed by atoms with E-state index in [1.807, 2.05) is 20.8 Å². The summed E-state index contributed by atoms with van der Waals surface area (Å²) in [6.07, 6.45) is 7.92. The summed E-state index contributed by atoms with van der Waals surface area (Å²) in [5, 5.41) is -0.520. The fourth-order valence-electron chi connectivity index (χ4n) is 6.14. The molecular weight excluding hydrogens is 434 g/mol. The molecule has 2 fully saturated rings. The van der Waals surface area contributed by atoms with Gasteiger partial charge in [0, 0.05) is 0 Å². The van der Waals surface area contributed by atoms with Crippen molar-refractivity contribution in [2.75, 3.05) is 26.0 Å². The van der Waals surface area contributed by atoms with Crippen LogP contribution in [0.4, 0.5) is 0 Å². The number of rotatable bonds is 14. The molecule has 6 nitrogen and oxygen atoms in total. The summed E-state index contributed by atoms with van der Waals surface area (Å²) < 4.78 is 51.3. The summed E-state index contributed by atoms with van der Waals surface area (Å²) in [7, 11) is -6.56. The fourth-order valence-corrected chi connectivity index (χ4v) is 11.0. The zero-order valence-corrected chi connectivity index (χ0v) is 22.7. The van der Waals surface area contributed by atoms with E-state index in [1.165, 1.54) is 6.42 Å². The highest BCUT2D eigenvalue weighted by Crippen LogP contribution is 2.78. The van der Waals surface area contributed by atoms with Gasteiger partial charge >= 0.3 is 15.2 Å². The van der Waals surface area contributed by atoms with Crippen LogP contribution >= 0.6 is 15.2 Å². The Kier molecular flexibility index (Phi) is 9.51. The summed E-state index contributed by atoms with van der Waals surface area (Å²) in [5.74, 6) is -0.0523. The van der Waals surface area contributed by atoms with Crippen LogP contribution in [-0.4, -0.2) is 36.7 Å². The number of unbranched alkanes of at least 4 members (excludes halogenated alkanes) is 3. The van der Waals surface area contributed by atoms with Crippen molar-refractivity contribution in [3.05, 3.63) is 0 Å². The molecule has 1 aliphatic carbocycles. The van der Waals surface area contributed by atoms with Crippen molar-refractivity contribution in [1.82, 2.24) is 0 Å². The molecule has 0 N–H and O–H groups in total. The Labute approximate surface area is 190 Å². The van der Waals surface area contributed by atoms with Gasteiger partial charge in [0.25, 0.3) is 0 Å². The molecule has 1 saturated carbocycles. The molecule has 8 heteroatoms. The third kappa shape index (κ3) is 6.25. The summed E-state index contributed by atoms with van der Waals surface area (Å²) in [6.45, 7) is 15.3. The molecular formula is C23H46O6P2. The molecule has 1 saturated heterocycles. The maximum Gasteiger partial charge on any atom is 0.337 e. The monoisotopic (exact) mass is 480 g/mol. The lowest BCUT2D eigenvalue weighted by Crippen LogP contribution is -2.49. The van der Waals surface area contributed by atoms with Crippen molar-refractivity contribution < 1.29 is 27.2 Å². The number of fused-ring (bicyclic) bond motifs is 2. The molecule has 0 aromatic heterocycles. The van der Waals surface area contributed by atoms with Crippen molar-refractivity contribution in [2.24, 2.45) is 11.3 Å². The standard InChI is InChI=1S/C23H46O6P2/c1-8-12-13-14-15-20(16-30(24,26-9-2)27-10-3)23-18-21(5,6)17-22(7,19-23)31(25,29-23)28-11-4/h20H,8-19H2,1-7H3. The zero-order valence-electron chi connectivity index (χ0n) is 20.9. The van der Waals surface area contributed by atoms with Crippen molar-refractivity contribution in [3.8, 4) is 0 Å². The molecule has 0 spiro atoms. The lowest BCUT2D eigenvalue weighted by atomic mass is 9.61. The second-order valence-corrected chi connectivity index (χ2v) is 15.1. The predicted molar refractivity (Wildman–Crippen MR) is 127 cm³/mol. The second kappa shape index (κ2) is 10.7. The first-order valence-corrected chi connectivity index (χ1v) is 15.5. The van der Waals surface area contributed by atoms with E-state index < -0.39 is 25.9 Å². The topological polar surface area (TPSA) is 71.1 Å². The Bertz CT molecular complexity index is 671. The molecule has 1 heterocycles. The third-order valence-corrected chi connectivity index (χ3v) is 11.9. The first kappa shape index (κ1) is 27.5. The quantitative estimate of drug-likeness (QED) is 0.186. The maximum absolute atomic E-state index is 14.0. The minimum atomic E-state index is -3.30. The molecule has 4 atom stereocenters. The Morgan fingerprint density at radius 1 is 0.935 bits per heavy atom. The van der Waals surface area contributed by atoms with Gasteiger partial charge in [-0.2, -0.15) is 0 Å². The summed E-state index contributed by atoms with van der Waals surface area (Å²) in [4.78, 5) is 0. The first-order valence-electron chi connectivity index (χ1n) is 12.3. The molecule has 0 amide bonds. The SMILES string of the molecule is CCCCCCC(CP(=O)(OCC)OCC)C12CC(C)(C)CC(C)(C1)P(=O)(OCC)O2. The minimum absolute atomic E-state index is 0.0425. The van der Waals surface area contributed by atoms with Crippen LogP contribution in [0.15, 0.2) is 0 Å². The normalized spacial score (nSPS) is 33.5. The molecule has 0 aromatic rings. The van der Waals surface area contributed by atoms with Crippen molar-refractivity contribution in [1.29, 1.82) is 0 Å². The molecule has 1 aliphatic heterocycles. The van der Waals surface area contributed by atoms with E-state index in [-0.39, 0.29) is 11.3 Å². The van der Waals surface area contributed by atoms with Crippen LogP contribution in [0.2, 0.25) is 0 Å². The Morgan fingerprint density at radius 2 is 1.58 bits per heavy atom. The molecule has 2 bridgehead atoms. The van der Waals surface area contributed by atoms with Crippen molar-refractivity contribution in [3.63, 3.8) is 0 Å². The summed E-state index contributed by atoms with van der Waals surface area (Å²) in [6, 6.07) is 0. The summed E-state index contributed by atoms with van der Waals surface area (Å²) >= 11 is 0. The average Bonchev–Trinajstić information content (AvgIpc) is 2.80. The van der Waals surface area contributed by atoms with Gasteiger partial charge < -0.3 is 18.1 Å². The van der Waals surface area contributed by atoms with Gasteiger partial charge in [-0.15, -0.1) is 0 Å². The van der Waals surface area contributed by atoms with Crippen LogP contribution in [0.25, 0.3) is 0 Å². The molecule has 4 unspecified atom stereocenters. The van der Waals surface area contributed by atoms with E-state index in [0.717, 1.165) is 38.5 Å². The minimum Gasteiger partial charge on any atom is -0.309 e. The van der Waals surface area contributed by atoms with Crippen molar-refractivity contribution in [2.45, 2.75) is 111 Å². The highest BCUT2D eigenvalue weighted by Gasteiger charge is 2.69. The number of hydrogen-bond donors (Lipinski definition) is 0. The van der Waals surface area contributed by atoms with Crippen LogP contribution in [0.3, 0.4) is 0 Å². The molecule has 184 valence electrons. The van der Waals surface area contributed by atoms with E-state index in [1.54, 1.807) is 0 Å². The molecule has 2 aliphatic rings. The van der Waals surface area contributed by atoms with Gasteiger partial charge in [-0.05, 0) is 64.7 Å². The smallest absolute Gasteiger partial charge is 0.309 e. The highest BCUT2D eigenvalue weighted by atomic mass is 31.2. The van der Waals surface area contributed by atoms with Crippen LogP contribution in [0, 0.1) is 11.3 Å². The Morgan fingerprint density at radius 3 is 2.13 bits per heavy atom. The van der Waals surface area contributed by atoms with Crippen LogP contribution in [0.1, 0.15) is 99.8 Å². The van der Waals surface area contributed by atoms with Gasteiger partial charge in [0.15, 0.2) is 0 Å². The van der Waals surface area contributed by atoms with E-state index in [4.69, 9.17) is 18.1 Å². The number of hydrogen-bond acceptors (Lipinski definition) is 6. The van der Waals surface area contributed by atoms with Crippen molar-refractivity contribution >= 4 is 15.2 Å². The van der Waals surface area contributed by atoms with Gasteiger partial charge in [-0.1, -0.05) is 46.5 Å². The van der Waals surface area contributed by atoms with E-state index in [9.17, 15) is 9.13 Å². The largest absolute Gasteiger partial charge is 0.337 e. The summed E-state index contributed by atoms with van der Waals surface area (Å²) in [5.41, 5.74) is -0.670. The lowest BCUT2D eigenvalue weighted by Gasteiger charge is -2.47. The second-order valence-electron chi connectivity index (χ2n) is 10.4. The van der Waals surface area contributed by atoms with E-state index in [2.05, 4.69) is 27.7 Å². The molecule has 0 aromatic carbocycles. The molecule has 2 rings (SSSR count).